The Morgan fingerprint density at radius 2 is 1.55 bits per heavy atom. The first-order valence-corrected chi connectivity index (χ1v) is 31.3. The zero-order valence-corrected chi connectivity index (χ0v) is 50.9. The van der Waals surface area contributed by atoms with Gasteiger partial charge in [-0.2, -0.15) is 11.8 Å². The minimum Gasteiger partial charge on any atom is -0.393 e. The van der Waals surface area contributed by atoms with Gasteiger partial charge in [-0.15, -0.1) is 11.8 Å². The number of aliphatic hydroxyl groups excluding tert-OH is 3. The van der Waals surface area contributed by atoms with Gasteiger partial charge in [-0.25, -0.2) is 0 Å². The molecular formula is C58H83N9O16S2. The first kappa shape index (κ1) is 68.0. The zero-order valence-electron chi connectivity index (χ0n) is 49.3. The van der Waals surface area contributed by atoms with Gasteiger partial charge in [0.25, 0.3) is 0 Å². The smallest absolute Gasteiger partial charge is 0.243 e. The molecule has 6 rings (SSSR count). The number of carbonyl (C=O) groups is 12. The molecule has 2 aromatic rings. The molecule has 1 aromatic heterocycles. The number of nitrogens with one attached hydrogen (secondary N) is 7. The Hall–Kier alpha value is -6.10. The van der Waals surface area contributed by atoms with Crippen LogP contribution >= 0.6 is 23.5 Å². The lowest BCUT2D eigenvalue weighted by atomic mass is 9.89. The van der Waals surface area contributed by atoms with E-state index in [2.05, 4.69) is 36.9 Å². The molecule has 0 spiro atoms. The molecule has 2 bridgehead atoms. The highest BCUT2D eigenvalue weighted by atomic mass is 32.2. The average Bonchev–Trinajstić information content (AvgIpc) is 4.31. The lowest BCUT2D eigenvalue weighted by Crippen LogP contribution is -2.55. The summed E-state index contributed by atoms with van der Waals surface area (Å²) < 4.78 is 0. The molecule has 0 aliphatic carbocycles. The van der Waals surface area contributed by atoms with Crippen LogP contribution in [0.15, 0.2) is 23.2 Å². The number of amides is 8. The molecule has 4 aliphatic rings. The molecule has 4 aliphatic heterocycles. The van der Waals surface area contributed by atoms with E-state index >= 15 is 0 Å². The largest absolute Gasteiger partial charge is 0.393 e. The number of thioether (sulfide) groups is 2. The van der Waals surface area contributed by atoms with Crippen LogP contribution in [-0.2, 0) is 70.4 Å². The van der Waals surface area contributed by atoms with E-state index < -0.39 is 150 Å². The van der Waals surface area contributed by atoms with Crippen molar-refractivity contribution in [3.63, 3.8) is 0 Å². The van der Waals surface area contributed by atoms with Crippen LogP contribution in [0.1, 0.15) is 117 Å². The van der Waals surface area contributed by atoms with Gasteiger partial charge in [0, 0.05) is 106 Å². The van der Waals surface area contributed by atoms with Crippen LogP contribution in [0, 0.1) is 17.8 Å². The van der Waals surface area contributed by atoms with Gasteiger partial charge >= 0.3 is 0 Å². The maximum absolute atomic E-state index is 14.8. The Labute approximate surface area is 502 Å². The minimum atomic E-state index is -1.93. The topological polar surface area (TPSA) is 380 Å². The number of aromatic amines is 1. The van der Waals surface area contributed by atoms with Crippen molar-refractivity contribution < 1.29 is 78.0 Å². The first-order valence-electron chi connectivity index (χ1n) is 29.0. The van der Waals surface area contributed by atoms with Crippen molar-refractivity contribution >= 4 is 105 Å². The van der Waals surface area contributed by atoms with Crippen LogP contribution in [-0.4, -0.2) is 210 Å². The number of hydrogen-bond acceptors (Lipinski definition) is 19. The molecule has 8 amide bonds. The van der Waals surface area contributed by atoms with Crippen molar-refractivity contribution in [1.82, 2.24) is 46.7 Å². The van der Waals surface area contributed by atoms with E-state index in [-0.39, 0.29) is 113 Å². The summed E-state index contributed by atoms with van der Waals surface area (Å²) in [7, 11) is 0. The Morgan fingerprint density at radius 1 is 0.859 bits per heavy atom. The number of aliphatic hydroxyl groups is 4. The van der Waals surface area contributed by atoms with Crippen molar-refractivity contribution in [3.8, 4) is 0 Å². The third-order valence-corrected chi connectivity index (χ3v) is 18.3. The predicted molar refractivity (Wildman–Crippen MR) is 313 cm³/mol. The van der Waals surface area contributed by atoms with Crippen LogP contribution in [0.5, 0.6) is 0 Å². The third kappa shape index (κ3) is 18.7. The summed E-state index contributed by atoms with van der Waals surface area (Å²) in [6, 6.07) is -1.36. The fourth-order valence-corrected chi connectivity index (χ4v) is 12.7. The third-order valence-electron chi connectivity index (χ3n) is 16.2. The van der Waals surface area contributed by atoms with Crippen LogP contribution in [0.4, 0.5) is 0 Å². The van der Waals surface area contributed by atoms with Crippen molar-refractivity contribution in [3.05, 3.63) is 29.3 Å². The SMILES string of the molecule is CSC1CC(=O)N(CCCC(=O)NC(C)C(=O)CC(C)C(=O)NCCCC(=O)Cc2ccc3[nH]c4c(c3c2)C[C@@H]2CC(=O)[C@H](C)NC(=O)[C@@H]3C[C@@H](O)CN3C[C@@H](CS4)NC(=O)[C@@H](C(C)O)CC(=O)[C@H](C)NC(=O)[C@H](C[C@@](C)(O)CO)NC2=O)C1=O. The Morgan fingerprint density at radius 3 is 2.22 bits per heavy atom. The molecule has 2 fully saturated rings. The number of likely N-dealkylation sites (tertiary alicyclic amines) is 1. The summed E-state index contributed by atoms with van der Waals surface area (Å²) in [5.41, 5.74) is -0.240. The van der Waals surface area contributed by atoms with Gasteiger partial charge in [0.1, 0.15) is 11.8 Å². The number of benzene rings is 1. The highest BCUT2D eigenvalue weighted by Crippen LogP contribution is 2.35. The molecule has 1 aromatic carbocycles. The number of rotatable bonds is 20. The van der Waals surface area contributed by atoms with E-state index in [1.807, 2.05) is 0 Å². The molecule has 13 atom stereocenters. The Bertz CT molecular complexity index is 2860. The molecular weight excluding hydrogens is 1140 g/mol. The second-order valence-electron chi connectivity index (χ2n) is 23.5. The summed E-state index contributed by atoms with van der Waals surface area (Å²) in [4.78, 5) is 168. The lowest BCUT2D eigenvalue weighted by Gasteiger charge is -2.31. The molecule has 11 N–H and O–H groups in total. The number of H-pyrrole nitrogens is 1. The van der Waals surface area contributed by atoms with E-state index in [1.54, 1.807) is 36.3 Å². The van der Waals surface area contributed by atoms with Gasteiger partial charge in [-0.05, 0) is 89.8 Å². The van der Waals surface area contributed by atoms with E-state index in [0.717, 1.165) is 4.90 Å². The standard InChI is InChI=1S/C58H83N9O16S2/c1-29(16-45(72)30(2)60-49(75)11-9-15-67-50(76)23-48(84-7)57(67)82)51(77)59-14-8-10-37(70)17-34-12-13-42-40(18-34)41-19-35-20-46(73)31(3)62-55(81)44-21-38(71)26-66(44)25-36(27-85-56(41)65-42)63-53(79)39(33(5)69)22-47(74)32(4)61-54(80)43(64-52(35)78)24-58(6,83)28-68/h12-13,18,29-33,35-36,38-39,43-44,48,65,68-69,71,83H,8-11,14-17,19-28H2,1-7H3,(H,59,77)(H,60,75)(H,61,80)(H,62,81)(H,63,79)(H,64,78)/t29?,30?,31-,32-,33?,35+,36-,38+,39+,43-,44-,48?,58+/m0/s1. The van der Waals surface area contributed by atoms with Crippen molar-refractivity contribution in [2.45, 2.75) is 183 Å². The molecule has 468 valence electrons. The lowest BCUT2D eigenvalue weighted by molar-refractivity contribution is -0.139. The van der Waals surface area contributed by atoms with Crippen molar-refractivity contribution in [2.24, 2.45) is 17.8 Å². The molecule has 4 unspecified atom stereocenters. The summed E-state index contributed by atoms with van der Waals surface area (Å²) in [6.45, 7) is 7.94. The maximum atomic E-state index is 14.8. The predicted octanol–water partition coefficient (Wildman–Crippen LogP) is -0.712. The summed E-state index contributed by atoms with van der Waals surface area (Å²) in [5.74, 6) is -9.40. The molecule has 27 heteroatoms. The van der Waals surface area contributed by atoms with Crippen LogP contribution in [0.3, 0.4) is 0 Å². The normalized spacial score (nSPS) is 26.9. The number of fused-ring (bicyclic) bond motifs is 5. The molecule has 0 saturated carbocycles. The van der Waals surface area contributed by atoms with Gasteiger partial charge < -0.3 is 57.3 Å². The fourth-order valence-electron chi connectivity index (χ4n) is 11.0. The maximum Gasteiger partial charge on any atom is 0.243 e. The van der Waals surface area contributed by atoms with Gasteiger partial charge in [0.05, 0.1) is 70.8 Å². The highest BCUT2D eigenvalue weighted by Gasteiger charge is 2.42. The quantitative estimate of drug-likeness (QED) is 0.0576. The molecule has 2 saturated heterocycles. The Kier molecular flexibility index (Phi) is 24.4. The highest BCUT2D eigenvalue weighted by molar-refractivity contribution is 8.00. The fraction of sp³-hybridized carbons (Fsp3) is 0.655. The number of nitrogens with zero attached hydrogens (tertiary/aromatic N) is 2. The van der Waals surface area contributed by atoms with Gasteiger partial charge in [0.15, 0.2) is 17.3 Å². The summed E-state index contributed by atoms with van der Waals surface area (Å²) in [5, 5.41) is 59.9. The second kappa shape index (κ2) is 30.5. The zero-order chi connectivity index (χ0) is 62.6. The molecule has 25 nitrogen and oxygen atoms in total. The van der Waals surface area contributed by atoms with E-state index in [1.165, 1.54) is 58.1 Å². The Balaban J connectivity index is 1.20. The number of carbonyl (C=O) groups excluding carboxylic acids is 12. The first-order chi connectivity index (χ1) is 40.1. The number of ketones is 4. The van der Waals surface area contributed by atoms with E-state index in [0.29, 0.717) is 27.1 Å². The van der Waals surface area contributed by atoms with Crippen molar-refractivity contribution in [1.29, 1.82) is 0 Å². The van der Waals surface area contributed by atoms with Gasteiger partial charge in [-0.3, -0.25) is 67.3 Å². The van der Waals surface area contributed by atoms with E-state index in [4.69, 9.17) is 0 Å². The number of hydrogen-bond donors (Lipinski definition) is 11. The average molecular weight is 1230 g/mol. The van der Waals surface area contributed by atoms with Crippen molar-refractivity contribution in [2.75, 3.05) is 44.8 Å². The second-order valence-corrected chi connectivity index (χ2v) is 25.6. The van der Waals surface area contributed by atoms with Crippen LogP contribution < -0.4 is 31.9 Å². The minimum absolute atomic E-state index is 0.00835. The van der Waals surface area contributed by atoms with Gasteiger partial charge in [-0.1, -0.05) is 13.0 Å². The summed E-state index contributed by atoms with van der Waals surface area (Å²) in [6.07, 6.45) is -1.77. The summed E-state index contributed by atoms with van der Waals surface area (Å²) >= 11 is 2.54. The number of aromatic nitrogens is 1. The van der Waals surface area contributed by atoms with E-state index in [9.17, 15) is 78.0 Å². The molecule has 85 heavy (non-hydrogen) atoms. The molecule has 0 radical (unpaired) electrons. The number of Topliss-reactive ketones (excluding diaryl/α,β-unsaturated/α-hetero) is 4. The molecule has 5 heterocycles. The van der Waals surface area contributed by atoms with Crippen LogP contribution in [0.2, 0.25) is 0 Å². The van der Waals surface area contributed by atoms with Crippen LogP contribution in [0.25, 0.3) is 10.9 Å². The number of imide groups is 1. The monoisotopic (exact) mass is 1230 g/mol. The van der Waals surface area contributed by atoms with Gasteiger partial charge in [0.2, 0.25) is 47.3 Å².